The molecule has 0 saturated heterocycles. The minimum absolute atomic E-state index is 0.207. The van der Waals surface area contributed by atoms with Crippen LogP contribution in [0, 0.1) is 6.92 Å². The third-order valence-corrected chi connectivity index (χ3v) is 5.44. The molecule has 106 valence electrons. The van der Waals surface area contributed by atoms with Crippen molar-refractivity contribution in [3.8, 4) is 0 Å². The van der Waals surface area contributed by atoms with Gasteiger partial charge in [0.25, 0.3) is 0 Å². The Kier molecular flexibility index (Phi) is 4.13. The molecule has 5 heteroatoms. The van der Waals surface area contributed by atoms with Crippen LogP contribution < -0.4 is 5.32 Å². The van der Waals surface area contributed by atoms with E-state index in [-0.39, 0.29) is 10.5 Å². The molecule has 21 heavy (non-hydrogen) atoms. The molecule has 3 rings (SSSR count). The van der Waals surface area contributed by atoms with Gasteiger partial charge in [-0.3, -0.25) is 0 Å². The van der Waals surface area contributed by atoms with Crippen molar-refractivity contribution in [1.29, 1.82) is 0 Å². The fourth-order valence-electron chi connectivity index (χ4n) is 1.87. The first-order chi connectivity index (χ1) is 10.2. The highest BCUT2D eigenvalue weighted by Crippen LogP contribution is 2.34. The third-order valence-electron chi connectivity index (χ3n) is 2.90. The molecular weight excluding hydrogens is 298 g/mol. The fourth-order valence-corrected chi connectivity index (χ4v) is 3.81. The molecule has 1 aromatic carbocycles. The van der Waals surface area contributed by atoms with Crippen LogP contribution in [0.25, 0.3) is 0 Å². The molecule has 2 heterocycles. The summed E-state index contributed by atoms with van der Waals surface area (Å²) in [6, 6.07) is 14.4. The SMILES string of the molecule is C=S(c1ccccc1)c1ccnc(Nc2nc(C)cs2)c1. The van der Waals surface area contributed by atoms with E-state index in [4.69, 9.17) is 0 Å². The number of pyridine rings is 1. The van der Waals surface area contributed by atoms with Crippen molar-refractivity contribution in [2.75, 3.05) is 5.32 Å². The molecule has 0 saturated carbocycles. The molecular formula is C16H15N3S2. The number of rotatable bonds is 4. The number of aryl methyl sites for hydroxylation is 1. The van der Waals surface area contributed by atoms with Gasteiger partial charge in [-0.05, 0) is 31.2 Å². The Balaban J connectivity index is 1.85. The maximum absolute atomic E-state index is 4.39. The molecule has 0 aliphatic rings. The molecule has 0 fully saturated rings. The smallest absolute Gasteiger partial charge is 0.188 e. The standard InChI is InChI=1S/C16H15N3S2/c1-12-11-20-16(18-12)19-15-10-14(8-9-17-15)21(2)13-6-4-3-5-7-13/h3-11H,2H2,1H3,(H,17,18,19). The Hall–Kier alpha value is -1.98. The lowest BCUT2D eigenvalue weighted by molar-refractivity contribution is 1.22. The maximum atomic E-state index is 4.39. The van der Waals surface area contributed by atoms with Crippen LogP contribution in [0.1, 0.15) is 5.69 Å². The van der Waals surface area contributed by atoms with Crippen molar-refractivity contribution in [3.05, 3.63) is 59.7 Å². The predicted molar refractivity (Wildman–Crippen MR) is 92.1 cm³/mol. The molecule has 3 nitrogen and oxygen atoms in total. The van der Waals surface area contributed by atoms with Gasteiger partial charge in [0.15, 0.2) is 5.13 Å². The molecule has 0 spiro atoms. The maximum Gasteiger partial charge on any atom is 0.188 e. The van der Waals surface area contributed by atoms with Gasteiger partial charge >= 0.3 is 0 Å². The van der Waals surface area contributed by atoms with Gasteiger partial charge in [0, 0.05) is 21.4 Å². The van der Waals surface area contributed by atoms with Gasteiger partial charge in [-0.2, -0.15) is 0 Å². The summed E-state index contributed by atoms with van der Waals surface area (Å²) in [5.74, 6) is 5.09. The van der Waals surface area contributed by atoms with Crippen molar-refractivity contribution < 1.29 is 0 Å². The lowest BCUT2D eigenvalue weighted by atomic mass is 10.4. The van der Waals surface area contributed by atoms with E-state index in [2.05, 4.69) is 33.3 Å². The molecule has 1 N–H and O–H groups in total. The summed E-state index contributed by atoms with van der Waals surface area (Å²) in [6.07, 6.45) is 1.81. The van der Waals surface area contributed by atoms with Crippen molar-refractivity contribution in [2.45, 2.75) is 16.7 Å². The van der Waals surface area contributed by atoms with Crippen LogP contribution in [0.4, 0.5) is 10.9 Å². The van der Waals surface area contributed by atoms with Crippen LogP contribution in [-0.2, 0) is 0 Å². The lowest BCUT2D eigenvalue weighted by Gasteiger charge is -2.09. The van der Waals surface area contributed by atoms with Gasteiger partial charge in [0.1, 0.15) is 5.82 Å². The highest BCUT2D eigenvalue weighted by atomic mass is 32.2. The van der Waals surface area contributed by atoms with Gasteiger partial charge in [0.05, 0.1) is 5.69 Å². The predicted octanol–water partition coefficient (Wildman–Crippen LogP) is 4.71. The first-order valence-corrected chi connectivity index (χ1v) is 8.74. The van der Waals surface area contributed by atoms with Crippen LogP contribution in [-0.4, -0.2) is 15.8 Å². The molecule has 3 aromatic rings. The minimum Gasteiger partial charge on any atom is -0.316 e. The van der Waals surface area contributed by atoms with E-state index in [1.165, 1.54) is 4.90 Å². The van der Waals surface area contributed by atoms with E-state index in [9.17, 15) is 0 Å². The largest absolute Gasteiger partial charge is 0.316 e. The van der Waals surface area contributed by atoms with E-state index < -0.39 is 0 Å². The molecule has 0 bridgehead atoms. The number of aromatic nitrogens is 2. The molecule has 0 radical (unpaired) electrons. The first-order valence-electron chi connectivity index (χ1n) is 6.46. The number of anilines is 2. The number of nitrogens with one attached hydrogen (secondary N) is 1. The highest BCUT2D eigenvalue weighted by Gasteiger charge is 2.04. The zero-order valence-electron chi connectivity index (χ0n) is 11.6. The Morgan fingerprint density at radius 3 is 2.67 bits per heavy atom. The molecule has 1 atom stereocenters. The van der Waals surface area contributed by atoms with Gasteiger partial charge in [0.2, 0.25) is 0 Å². The Bertz CT molecular complexity index is 766. The Labute approximate surface area is 130 Å². The van der Waals surface area contributed by atoms with E-state index >= 15 is 0 Å². The normalized spacial score (nSPS) is 12.0. The van der Waals surface area contributed by atoms with Crippen molar-refractivity contribution >= 4 is 38.6 Å². The fraction of sp³-hybridized carbons (Fsp3) is 0.0625. The number of thiazole rings is 1. The second-order valence-electron chi connectivity index (χ2n) is 4.50. The molecule has 2 aromatic heterocycles. The van der Waals surface area contributed by atoms with Gasteiger partial charge in [-0.15, -0.1) is 21.8 Å². The second kappa shape index (κ2) is 6.20. The van der Waals surface area contributed by atoms with E-state index in [1.807, 2.05) is 48.8 Å². The number of hydrogen-bond acceptors (Lipinski definition) is 4. The van der Waals surface area contributed by atoms with Crippen LogP contribution in [0.5, 0.6) is 0 Å². The lowest BCUT2D eigenvalue weighted by Crippen LogP contribution is -1.93. The molecule has 0 amide bonds. The van der Waals surface area contributed by atoms with E-state index in [1.54, 1.807) is 11.3 Å². The average Bonchev–Trinajstić information content (AvgIpc) is 2.93. The Morgan fingerprint density at radius 1 is 1.14 bits per heavy atom. The summed E-state index contributed by atoms with van der Waals surface area (Å²) in [6.45, 7) is 1.98. The zero-order valence-corrected chi connectivity index (χ0v) is 13.2. The van der Waals surface area contributed by atoms with Crippen LogP contribution >= 0.6 is 21.8 Å². The monoisotopic (exact) mass is 313 g/mol. The summed E-state index contributed by atoms with van der Waals surface area (Å²) in [5, 5.41) is 6.12. The Morgan fingerprint density at radius 2 is 1.95 bits per heavy atom. The van der Waals surface area contributed by atoms with Crippen molar-refractivity contribution in [1.82, 2.24) is 9.97 Å². The number of nitrogens with zero attached hydrogens (tertiary/aromatic N) is 2. The summed E-state index contributed by atoms with van der Waals surface area (Å²) < 4.78 is 0. The van der Waals surface area contributed by atoms with E-state index in [0.29, 0.717) is 0 Å². The second-order valence-corrected chi connectivity index (χ2v) is 7.08. The quantitative estimate of drug-likeness (QED) is 0.709. The summed E-state index contributed by atoms with van der Waals surface area (Å²) in [5.41, 5.74) is 1.01. The third kappa shape index (κ3) is 3.37. The highest BCUT2D eigenvalue weighted by molar-refractivity contribution is 8.14. The average molecular weight is 313 g/mol. The first kappa shape index (κ1) is 14.0. The molecule has 1 unspecified atom stereocenters. The van der Waals surface area contributed by atoms with Crippen LogP contribution in [0.15, 0.2) is 63.8 Å². The molecule has 0 aliphatic heterocycles. The minimum atomic E-state index is -0.207. The molecule has 0 aliphatic carbocycles. The van der Waals surface area contributed by atoms with Gasteiger partial charge in [-0.1, -0.05) is 24.1 Å². The van der Waals surface area contributed by atoms with Crippen molar-refractivity contribution in [3.63, 3.8) is 0 Å². The number of benzene rings is 1. The summed E-state index contributed by atoms with van der Waals surface area (Å²) >= 11 is 1.58. The van der Waals surface area contributed by atoms with Crippen LogP contribution in [0.3, 0.4) is 0 Å². The van der Waals surface area contributed by atoms with E-state index in [0.717, 1.165) is 21.5 Å². The number of hydrogen-bond donors (Lipinski definition) is 1. The van der Waals surface area contributed by atoms with Crippen molar-refractivity contribution in [2.24, 2.45) is 0 Å². The summed E-state index contributed by atoms with van der Waals surface area (Å²) in [4.78, 5) is 11.1. The summed E-state index contributed by atoms with van der Waals surface area (Å²) in [7, 11) is -0.207. The van der Waals surface area contributed by atoms with Gasteiger partial charge in [-0.25, -0.2) is 9.97 Å². The zero-order chi connectivity index (χ0) is 14.7. The van der Waals surface area contributed by atoms with Gasteiger partial charge < -0.3 is 5.32 Å². The van der Waals surface area contributed by atoms with Crippen LogP contribution in [0.2, 0.25) is 0 Å². The topological polar surface area (TPSA) is 37.8 Å².